The molecule has 1 aromatic carbocycles. The lowest BCUT2D eigenvalue weighted by Gasteiger charge is -2.32. The summed E-state index contributed by atoms with van der Waals surface area (Å²) in [5.74, 6) is 1.66. The maximum atomic E-state index is 12.5. The average Bonchev–Trinajstić information content (AvgIpc) is 3.12. The minimum absolute atomic E-state index is 0.145. The van der Waals surface area contributed by atoms with Crippen LogP contribution in [0, 0.1) is 5.92 Å². The standard InChI is InChI=1S/C19H25BrN4O2/c1-3-24(4-2)19(25)14-8-10-23(11-9-14)13-17-21-18(22-26-17)15-6-5-7-16(20)12-15/h5-7,12,14H,3-4,8-11,13H2,1-2H3. The number of halogens is 1. The molecule has 0 atom stereocenters. The van der Waals surface area contributed by atoms with E-state index in [1.807, 2.05) is 43.0 Å². The molecule has 1 aliphatic rings. The SMILES string of the molecule is CCN(CC)C(=O)C1CCN(Cc2nc(-c3cccc(Br)c3)no2)CC1. The van der Waals surface area contributed by atoms with E-state index in [1.165, 1.54) is 0 Å². The first-order chi connectivity index (χ1) is 12.6. The third-order valence-corrected chi connectivity index (χ3v) is 5.41. The molecule has 1 aromatic heterocycles. The van der Waals surface area contributed by atoms with Crippen LogP contribution in [0.5, 0.6) is 0 Å². The highest BCUT2D eigenvalue weighted by Gasteiger charge is 2.28. The predicted octanol–water partition coefficient (Wildman–Crippen LogP) is 3.58. The predicted molar refractivity (Wildman–Crippen MR) is 103 cm³/mol. The summed E-state index contributed by atoms with van der Waals surface area (Å²) in [4.78, 5) is 21.2. The van der Waals surface area contributed by atoms with Crippen molar-refractivity contribution >= 4 is 21.8 Å². The van der Waals surface area contributed by atoms with Gasteiger partial charge in [-0.2, -0.15) is 4.98 Å². The third-order valence-electron chi connectivity index (χ3n) is 4.92. The second-order valence-electron chi connectivity index (χ2n) is 6.58. The van der Waals surface area contributed by atoms with Crippen molar-refractivity contribution in [2.75, 3.05) is 26.2 Å². The Hall–Kier alpha value is -1.73. The van der Waals surface area contributed by atoms with Crippen molar-refractivity contribution < 1.29 is 9.32 Å². The molecular weight excluding hydrogens is 396 g/mol. The van der Waals surface area contributed by atoms with Gasteiger partial charge in [0.15, 0.2) is 0 Å². The third kappa shape index (κ3) is 4.51. The van der Waals surface area contributed by atoms with E-state index < -0.39 is 0 Å². The van der Waals surface area contributed by atoms with Gasteiger partial charge in [-0.3, -0.25) is 9.69 Å². The van der Waals surface area contributed by atoms with Gasteiger partial charge in [-0.15, -0.1) is 0 Å². The fourth-order valence-corrected chi connectivity index (χ4v) is 3.79. The lowest BCUT2D eigenvalue weighted by Crippen LogP contribution is -2.42. The Balaban J connectivity index is 1.55. The van der Waals surface area contributed by atoms with E-state index in [2.05, 4.69) is 31.0 Å². The number of nitrogens with zero attached hydrogens (tertiary/aromatic N) is 4. The summed E-state index contributed by atoms with van der Waals surface area (Å²) >= 11 is 3.46. The van der Waals surface area contributed by atoms with Crippen LogP contribution in [-0.4, -0.2) is 52.0 Å². The van der Waals surface area contributed by atoms with Crippen molar-refractivity contribution in [2.45, 2.75) is 33.2 Å². The fourth-order valence-electron chi connectivity index (χ4n) is 3.39. The summed E-state index contributed by atoms with van der Waals surface area (Å²) in [6.07, 6.45) is 1.78. The van der Waals surface area contributed by atoms with Gasteiger partial charge in [0.2, 0.25) is 17.6 Å². The summed E-state index contributed by atoms with van der Waals surface area (Å²) in [6.45, 7) is 8.04. The molecule has 7 heteroatoms. The largest absolute Gasteiger partial charge is 0.343 e. The molecule has 3 rings (SSSR count). The normalized spacial score (nSPS) is 16.0. The number of carbonyl (C=O) groups excluding carboxylic acids is 1. The molecule has 26 heavy (non-hydrogen) atoms. The molecule has 6 nitrogen and oxygen atoms in total. The van der Waals surface area contributed by atoms with Crippen LogP contribution in [0.3, 0.4) is 0 Å². The molecule has 2 aromatic rings. The molecule has 140 valence electrons. The molecule has 0 bridgehead atoms. The maximum Gasteiger partial charge on any atom is 0.241 e. The highest BCUT2D eigenvalue weighted by atomic mass is 79.9. The van der Waals surface area contributed by atoms with Crippen molar-refractivity contribution in [3.05, 3.63) is 34.6 Å². The Labute approximate surface area is 162 Å². The number of hydrogen-bond donors (Lipinski definition) is 0. The average molecular weight is 421 g/mol. The Kier molecular flexibility index (Phi) is 6.43. The smallest absolute Gasteiger partial charge is 0.241 e. The van der Waals surface area contributed by atoms with Gasteiger partial charge in [0.25, 0.3) is 0 Å². The Morgan fingerprint density at radius 3 is 2.69 bits per heavy atom. The highest BCUT2D eigenvalue weighted by Crippen LogP contribution is 2.23. The molecule has 0 aliphatic carbocycles. The van der Waals surface area contributed by atoms with Gasteiger partial charge in [-0.1, -0.05) is 33.2 Å². The Morgan fingerprint density at radius 1 is 1.31 bits per heavy atom. The number of carbonyl (C=O) groups is 1. The van der Waals surface area contributed by atoms with E-state index in [0.717, 1.165) is 49.1 Å². The van der Waals surface area contributed by atoms with E-state index in [1.54, 1.807) is 0 Å². The molecule has 1 amide bonds. The highest BCUT2D eigenvalue weighted by molar-refractivity contribution is 9.10. The molecule has 1 aliphatic heterocycles. The molecule has 0 radical (unpaired) electrons. The van der Waals surface area contributed by atoms with Crippen LogP contribution in [0.2, 0.25) is 0 Å². The lowest BCUT2D eigenvalue weighted by molar-refractivity contribution is -0.136. The van der Waals surface area contributed by atoms with E-state index in [0.29, 0.717) is 24.2 Å². The molecule has 1 fully saturated rings. The number of rotatable bonds is 6. The first-order valence-electron chi connectivity index (χ1n) is 9.20. The summed E-state index contributed by atoms with van der Waals surface area (Å²) in [6, 6.07) is 7.85. The zero-order chi connectivity index (χ0) is 18.5. The molecule has 1 saturated heterocycles. The minimum Gasteiger partial charge on any atom is -0.343 e. The molecule has 2 heterocycles. The molecule has 0 saturated carbocycles. The Bertz CT molecular complexity index is 737. The first kappa shape index (κ1) is 19.0. The minimum atomic E-state index is 0.145. The number of aromatic nitrogens is 2. The van der Waals surface area contributed by atoms with Crippen molar-refractivity contribution in [3.63, 3.8) is 0 Å². The van der Waals surface area contributed by atoms with Gasteiger partial charge >= 0.3 is 0 Å². The van der Waals surface area contributed by atoms with E-state index in [-0.39, 0.29) is 5.92 Å². The van der Waals surface area contributed by atoms with Crippen LogP contribution >= 0.6 is 15.9 Å². The zero-order valence-corrected chi connectivity index (χ0v) is 16.9. The number of likely N-dealkylation sites (tertiary alicyclic amines) is 1. The van der Waals surface area contributed by atoms with E-state index in [4.69, 9.17) is 4.52 Å². The quantitative estimate of drug-likeness (QED) is 0.714. The maximum absolute atomic E-state index is 12.5. The lowest BCUT2D eigenvalue weighted by atomic mass is 9.95. The van der Waals surface area contributed by atoms with Gasteiger partial charge < -0.3 is 9.42 Å². The van der Waals surface area contributed by atoms with Gasteiger partial charge in [0, 0.05) is 29.0 Å². The zero-order valence-electron chi connectivity index (χ0n) is 15.3. The number of amides is 1. The van der Waals surface area contributed by atoms with Crippen LogP contribution in [0.15, 0.2) is 33.3 Å². The monoisotopic (exact) mass is 420 g/mol. The molecule has 0 unspecified atom stereocenters. The summed E-state index contributed by atoms with van der Waals surface area (Å²) in [5.41, 5.74) is 0.929. The van der Waals surface area contributed by atoms with E-state index in [9.17, 15) is 4.79 Å². The number of benzene rings is 1. The van der Waals surface area contributed by atoms with Crippen molar-refractivity contribution in [1.29, 1.82) is 0 Å². The molecular formula is C19H25BrN4O2. The van der Waals surface area contributed by atoms with Crippen molar-refractivity contribution in [2.24, 2.45) is 5.92 Å². The topological polar surface area (TPSA) is 62.5 Å². The summed E-state index contributed by atoms with van der Waals surface area (Å²) in [7, 11) is 0. The summed E-state index contributed by atoms with van der Waals surface area (Å²) < 4.78 is 6.40. The second-order valence-corrected chi connectivity index (χ2v) is 7.50. The van der Waals surface area contributed by atoms with E-state index >= 15 is 0 Å². The number of piperidine rings is 1. The van der Waals surface area contributed by atoms with Gasteiger partial charge in [-0.25, -0.2) is 0 Å². The Morgan fingerprint density at radius 2 is 2.04 bits per heavy atom. The van der Waals surface area contributed by atoms with Crippen LogP contribution in [0.1, 0.15) is 32.6 Å². The molecule has 0 spiro atoms. The van der Waals surface area contributed by atoms with Crippen LogP contribution in [0.25, 0.3) is 11.4 Å². The fraction of sp³-hybridized carbons (Fsp3) is 0.526. The van der Waals surface area contributed by atoms with Crippen LogP contribution in [0.4, 0.5) is 0 Å². The number of hydrogen-bond acceptors (Lipinski definition) is 5. The van der Waals surface area contributed by atoms with Gasteiger partial charge in [0.1, 0.15) is 0 Å². The van der Waals surface area contributed by atoms with Gasteiger partial charge in [-0.05, 0) is 51.9 Å². The van der Waals surface area contributed by atoms with Crippen molar-refractivity contribution in [3.8, 4) is 11.4 Å². The van der Waals surface area contributed by atoms with Gasteiger partial charge in [0.05, 0.1) is 6.54 Å². The second kappa shape index (κ2) is 8.77. The van der Waals surface area contributed by atoms with Crippen molar-refractivity contribution in [1.82, 2.24) is 19.9 Å². The molecule has 0 N–H and O–H groups in total. The van der Waals surface area contributed by atoms with Crippen LogP contribution in [-0.2, 0) is 11.3 Å². The van der Waals surface area contributed by atoms with Crippen LogP contribution < -0.4 is 0 Å². The summed E-state index contributed by atoms with van der Waals surface area (Å²) in [5, 5.41) is 4.09. The first-order valence-corrected chi connectivity index (χ1v) is 9.99.